The van der Waals surface area contributed by atoms with E-state index in [9.17, 15) is 13.2 Å². The molecule has 0 unspecified atom stereocenters. The molecule has 0 radical (unpaired) electrons. The third-order valence-electron chi connectivity index (χ3n) is 2.07. The highest BCUT2D eigenvalue weighted by Gasteiger charge is 2.30. The van der Waals surface area contributed by atoms with E-state index in [-0.39, 0.29) is 0 Å². The number of halogens is 3. The first-order valence-corrected chi connectivity index (χ1v) is 6.29. The molecule has 0 bridgehead atoms. The van der Waals surface area contributed by atoms with E-state index in [1.807, 2.05) is 6.26 Å². The molecule has 0 aliphatic heterocycles. The molecule has 90 valence electrons. The summed E-state index contributed by atoms with van der Waals surface area (Å²) in [5.74, 6) is 0.957. The molecule has 0 aliphatic rings. The number of alkyl halides is 3. The molecule has 0 fully saturated rings. The maximum atomic E-state index is 12.4. The molecule has 0 saturated heterocycles. The molecule has 1 aromatic rings. The van der Waals surface area contributed by atoms with E-state index in [4.69, 9.17) is 0 Å². The zero-order chi connectivity index (χ0) is 12.0. The minimum atomic E-state index is -4.25. The lowest BCUT2D eigenvalue weighted by Crippen LogP contribution is -2.17. The Balaban J connectivity index is 2.54. The van der Waals surface area contributed by atoms with Crippen molar-refractivity contribution in [3.8, 4) is 0 Å². The predicted molar refractivity (Wildman–Crippen MR) is 61.5 cm³/mol. The number of rotatable bonds is 5. The molecule has 1 nitrogen and oxygen atoms in total. The van der Waals surface area contributed by atoms with E-state index in [0.717, 1.165) is 18.4 Å². The van der Waals surface area contributed by atoms with Crippen LogP contribution in [0, 0.1) is 0 Å². The molecule has 5 heteroatoms. The summed E-state index contributed by atoms with van der Waals surface area (Å²) >= 11 is 1.70. The van der Waals surface area contributed by atoms with Crippen LogP contribution < -0.4 is 5.32 Å². The second kappa shape index (κ2) is 6.15. The van der Waals surface area contributed by atoms with Crippen LogP contribution in [0.5, 0.6) is 0 Å². The Hall–Kier alpha value is -0.680. The molecule has 0 aromatic heterocycles. The number of hydrogen-bond acceptors (Lipinski definition) is 2. The first kappa shape index (κ1) is 13.4. The lowest BCUT2D eigenvalue weighted by atomic mass is 10.1. The van der Waals surface area contributed by atoms with Crippen molar-refractivity contribution >= 4 is 11.8 Å². The average Bonchev–Trinajstić information content (AvgIpc) is 2.24. The molecule has 0 spiro atoms. The Morgan fingerprint density at radius 1 is 1.31 bits per heavy atom. The van der Waals surface area contributed by atoms with Crippen LogP contribution in [0.3, 0.4) is 0 Å². The first-order chi connectivity index (χ1) is 7.54. The van der Waals surface area contributed by atoms with Crippen molar-refractivity contribution in [2.24, 2.45) is 0 Å². The third kappa shape index (κ3) is 4.45. The summed E-state index contributed by atoms with van der Waals surface area (Å²) in [5, 5.41) is 3.09. The van der Waals surface area contributed by atoms with Crippen LogP contribution in [-0.2, 0) is 12.7 Å². The van der Waals surface area contributed by atoms with Gasteiger partial charge in [0.1, 0.15) is 0 Å². The van der Waals surface area contributed by atoms with Crippen LogP contribution in [0.4, 0.5) is 13.2 Å². The van der Waals surface area contributed by atoms with Crippen LogP contribution in [-0.4, -0.2) is 18.6 Å². The first-order valence-electron chi connectivity index (χ1n) is 4.90. The predicted octanol–water partition coefficient (Wildman–Crippen LogP) is 3.16. The monoisotopic (exact) mass is 249 g/mol. The minimum Gasteiger partial charge on any atom is -0.312 e. The van der Waals surface area contributed by atoms with Crippen molar-refractivity contribution in [3.63, 3.8) is 0 Å². The van der Waals surface area contributed by atoms with Crippen molar-refractivity contribution in [2.75, 3.05) is 18.6 Å². The van der Waals surface area contributed by atoms with Crippen LogP contribution >= 0.6 is 11.8 Å². The fraction of sp³-hybridized carbons (Fsp3) is 0.455. The smallest absolute Gasteiger partial charge is 0.312 e. The molecule has 0 heterocycles. The van der Waals surface area contributed by atoms with Gasteiger partial charge in [0, 0.05) is 18.8 Å². The highest BCUT2D eigenvalue weighted by molar-refractivity contribution is 7.98. The summed E-state index contributed by atoms with van der Waals surface area (Å²) in [4.78, 5) is 0. The Morgan fingerprint density at radius 2 is 2.06 bits per heavy atom. The standard InChI is InChI=1S/C11H14F3NS/c1-16-6-5-15-8-9-3-2-4-10(7-9)11(12,13)14/h2-4,7,15H,5-6,8H2,1H3. The fourth-order valence-corrected chi connectivity index (χ4v) is 1.61. The van der Waals surface area contributed by atoms with Gasteiger partial charge in [-0.25, -0.2) is 0 Å². The zero-order valence-corrected chi connectivity index (χ0v) is 9.79. The van der Waals surface area contributed by atoms with Gasteiger partial charge in [-0.15, -0.1) is 0 Å². The summed E-state index contributed by atoms with van der Waals surface area (Å²) < 4.78 is 37.2. The molecular formula is C11H14F3NS. The molecule has 0 atom stereocenters. The lowest BCUT2D eigenvalue weighted by Gasteiger charge is -2.09. The van der Waals surface area contributed by atoms with Crippen LogP contribution in [0.25, 0.3) is 0 Å². The van der Waals surface area contributed by atoms with Gasteiger partial charge >= 0.3 is 6.18 Å². The van der Waals surface area contributed by atoms with E-state index in [1.54, 1.807) is 17.8 Å². The molecule has 16 heavy (non-hydrogen) atoms. The summed E-state index contributed by atoms with van der Waals surface area (Å²) in [7, 11) is 0. The zero-order valence-electron chi connectivity index (χ0n) is 8.97. The normalized spacial score (nSPS) is 11.8. The van der Waals surface area contributed by atoms with E-state index in [1.165, 1.54) is 12.1 Å². The van der Waals surface area contributed by atoms with Crippen LogP contribution in [0.2, 0.25) is 0 Å². The van der Waals surface area contributed by atoms with E-state index in [0.29, 0.717) is 12.1 Å². The summed E-state index contributed by atoms with van der Waals surface area (Å²) in [5.41, 5.74) is 0.0765. The van der Waals surface area contributed by atoms with Crippen molar-refractivity contribution in [2.45, 2.75) is 12.7 Å². The number of benzene rings is 1. The molecule has 0 aliphatic carbocycles. The SMILES string of the molecule is CSCCNCc1cccc(C(F)(F)F)c1. The Kier molecular flexibility index (Phi) is 5.15. The molecule has 1 rings (SSSR count). The Labute approximate surface area is 97.4 Å². The molecular weight excluding hydrogens is 235 g/mol. The Bertz CT molecular complexity index is 325. The summed E-state index contributed by atoms with van der Waals surface area (Å²) in [6.07, 6.45) is -2.26. The van der Waals surface area contributed by atoms with Gasteiger partial charge in [0.25, 0.3) is 0 Å². The maximum Gasteiger partial charge on any atom is 0.416 e. The number of thioether (sulfide) groups is 1. The largest absolute Gasteiger partial charge is 0.416 e. The maximum absolute atomic E-state index is 12.4. The molecule has 0 amide bonds. The van der Waals surface area contributed by atoms with Gasteiger partial charge in [-0.05, 0) is 17.9 Å². The van der Waals surface area contributed by atoms with Gasteiger partial charge in [0.15, 0.2) is 0 Å². The van der Waals surface area contributed by atoms with Crippen LogP contribution in [0.1, 0.15) is 11.1 Å². The fourth-order valence-electron chi connectivity index (χ4n) is 1.26. The van der Waals surface area contributed by atoms with Crippen LogP contribution in [0.15, 0.2) is 24.3 Å². The van der Waals surface area contributed by atoms with E-state index in [2.05, 4.69) is 5.32 Å². The quantitative estimate of drug-likeness (QED) is 0.804. The van der Waals surface area contributed by atoms with Crippen molar-refractivity contribution in [1.29, 1.82) is 0 Å². The lowest BCUT2D eigenvalue weighted by molar-refractivity contribution is -0.137. The van der Waals surface area contributed by atoms with Gasteiger partial charge in [0.05, 0.1) is 5.56 Å². The van der Waals surface area contributed by atoms with Crippen molar-refractivity contribution in [3.05, 3.63) is 35.4 Å². The van der Waals surface area contributed by atoms with Gasteiger partial charge in [-0.2, -0.15) is 24.9 Å². The summed E-state index contributed by atoms with van der Waals surface area (Å²) in [6.45, 7) is 1.28. The van der Waals surface area contributed by atoms with Gasteiger partial charge in [-0.3, -0.25) is 0 Å². The van der Waals surface area contributed by atoms with Gasteiger partial charge in [-0.1, -0.05) is 18.2 Å². The molecule has 1 aromatic carbocycles. The van der Waals surface area contributed by atoms with Crippen molar-refractivity contribution < 1.29 is 13.2 Å². The van der Waals surface area contributed by atoms with E-state index >= 15 is 0 Å². The van der Waals surface area contributed by atoms with Gasteiger partial charge in [0.2, 0.25) is 0 Å². The Morgan fingerprint density at radius 3 is 2.69 bits per heavy atom. The average molecular weight is 249 g/mol. The van der Waals surface area contributed by atoms with E-state index < -0.39 is 11.7 Å². The highest BCUT2D eigenvalue weighted by atomic mass is 32.2. The second-order valence-corrected chi connectivity index (χ2v) is 4.35. The third-order valence-corrected chi connectivity index (χ3v) is 2.68. The molecule has 0 saturated carbocycles. The number of hydrogen-bond donors (Lipinski definition) is 1. The van der Waals surface area contributed by atoms with Crippen molar-refractivity contribution in [1.82, 2.24) is 5.32 Å². The topological polar surface area (TPSA) is 12.0 Å². The second-order valence-electron chi connectivity index (χ2n) is 3.37. The highest BCUT2D eigenvalue weighted by Crippen LogP contribution is 2.29. The number of nitrogens with one attached hydrogen (secondary N) is 1. The molecule has 1 N–H and O–H groups in total. The minimum absolute atomic E-state index is 0.477. The van der Waals surface area contributed by atoms with Gasteiger partial charge < -0.3 is 5.32 Å². The summed E-state index contributed by atoms with van der Waals surface area (Å²) in [6, 6.07) is 5.41.